The van der Waals surface area contributed by atoms with E-state index in [9.17, 15) is 9.90 Å². The third-order valence-electron chi connectivity index (χ3n) is 7.23. The average Bonchev–Trinajstić information content (AvgIpc) is 2.86. The fourth-order valence-corrected chi connectivity index (χ4v) is 5.49. The van der Waals surface area contributed by atoms with Gasteiger partial charge in [-0.15, -0.1) is 0 Å². The minimum absolute atomic E-state index is 0.0875. The first-order valence-electron chi connectivity index (χ1n) is 11.4. The number of hydrogen-bond acceptors (Lipinski definition) is 6. The summed E-state index contributed by atoms with van der Waals surface area (Å²) < 4.78 is 21.9. The van der Waals surface area contributed by atoms with Gasteiger partial charge in [-0.05, 0) is 43.5 Å². The van der Waals surface area contributed by atoms with Gasteiger partial charge in [0.05, 0.1) is 45.6 Å². The molecule has 4 rings (SSSR count). The van der Waals surface area contributed by atoms with Crippen molar-refractivity contribution in [2.45, 2.75) is 43.7 Å². The monoisotopic (exact) mass is 455 g/mol. The van der Waals surface area contributed by atoms with Gasteiger partial charge in [-0.1, -0.05) is 12.8 Å². The highest BCUT2D eigenvalue weighted by Gasteiger charge is 2.51. The van der Waals surface area contributed by atoms with Crippen LogP contribution < -0.4 is 18.9 Å². The number of carbonyl (C=O) groups excluding carboxylic acids is 1. The van der Waals surface area contributed by atoms with Crippen LogP contribution in [0.25, 0.3) is 0 Å². The highest BCUT2D eigenvalue weighted by molar-refractivity contribution is 5.97. The van der Waals surface area contributed by atoms with Crippen molar-refractivity contribution in [2.24, 2.45) is 5.92 Å². The van der Waals surface area contributed by atoms with Crippen LogP contribution in [-0.4, -0.2) is 56.5 Å². The SMILES string of the molecule is COc1ccc(C(=O)N2CC[C@]3(O)CCCC[C@@H]3[C@@H]2c2ccc(OC)cc2OC)c(OC)c1. The zero-order chi connectivity index (χ0) is 23.6. The lowest BCUT2D eigenvalue weighted by atomic mass is 9.66. The van der Waals surface area contributed by atoms with Gasteiger partial charge in [-0.2, -0.15) is 0 Å². The van der Waals surface area contributed by atoms with Gasteiger partial charge in [0.25, 0.3) is 5.91 Å². The van der Waals surface area contributed by atoms with E-state index in [-0.39, 0.29) is 17.9 Å². The Morgan fingerprint density at radius 1 is 0.909 bits per heavy atom. The summed E-state index contributed by atoms with van der Waals surface area (Å²) in [5.41, 5.74) is 0.551. The second-order valence-electron chi connectivity index (χ2n) is 8.82. The topological polar surface area (TPSA) is 77.5 Å². The van der Waals surface area contributed by atoms with Crippen molar-refractivity contribution in [3.63, 3.8) is 0 Å². The Balaban J connectivity index is 1.81. The van der Waals surface area contributed by atoms with Gasteiger partial charge in [0.1, 0.15) is 23.0 Å². The molecule has 1 saturated heterocycles. The summed E-state index contributed by atoms with van der Waals surface area (Å²) in [4.78, 5) is 15.8. The second-order valence-corrected chi connectivity index (χ2v) is 8.82. The standard InChI is InChI=1S/C26H33NO6/c1-30-17-8-10-19(22(15-17)32-3)24-21-7-5-6-12-26(21,29)13-14-27(24)25(28)20-11-9-18(31-2)16-23(20)33-4/h8-11,15-16,21,24,29H,5-7,12-14H2,1-4H3/t21-,24+,26-/m1/s1. The Morgan fingerprint density at radius 3 is 2.24 bits per heavy atom. The van der Waals surface area contributed by atoms with Crippen LogP contribution in [0.1, 0.15) is 54.1 Å². The number of fused-ring (bicyclic) bond motifs is 1. The average molecular weight is 456 g/mol. The molecule has 0 aromatic heterocycles. The van der Waals surface area contributed by atoms with Crippen molar-refractivity contribution < 1.29 is 28.8 Å². The first kappa shape index (κ1) is 23.2. The molecule has 2 aliphatic rings. The summed E-state index contributed by atoms with van der Waals surface area (Å²) >= 11 is 0. The molecule has 2 aromatic rings. The lowest BCUT2D eigenvalue weighted by molar-refractivity contribution is -0.115. The molecule has 2 fully saturated rings. The number of likely N-dealkylation sites (tertiary alicyclic amines) is 1. The molecule has 178 valence electrons. The van der Waals surface area contributed by atoms with Gasteiger partial charge in [0.15, 0.2) is 0 Å². The Bertz CT molecular complexity index is 1010. The maximum atomic E-state index is 13.9. The third-order valence-corrected chi connectivity index (χ3v) is 7.23. The Kier molecular flexibility index (Phi) is 6.70. The van der Waals surface area contributed by atoms with E-state index in [2.05, 4.69) is 0 Å². The molecular formula is C26H33NO6. The summed E-state index contributed by atoms with van der Waals surface area (Å²) in [6.07, 6.45) is 4.17. The molecule has 7 heteroatoms. The van der Waals surface area contributed by atoms with E-state index in [0.29, 0.717) is 41.5 Å². The van der Waals surface area contributed by atoms with Gasteiger partial charge in [0, 0.05) is 30.2 Å². The van der Waals surface area contributed by atoms with Crippen molar-refractivity contribution in [1.82, 2.24) is 4.90 Å². The van der Waals surface area contributed by atoms with Gasteiger partial charge >= 0.3 is 0 Å². The summed E-state index contributed by atoms with van der Waals surface area (Å²) in [6, 6.07) is 10.6. The molecule has 0 spiro atoms. The number of methoxy groups -OCH3 is 4. The number of carbonyl (C=O) groups is 1. The summed E-state index contributed by atoms with van der Waals surface area (Å²) in [7, 11) is 6.36. The van der Waals surface area contributed by atoms with E-state index < -0.39 is 5.60 Å². The number of nitrogens with zero attached hydrogens (tertiary/aromatic N) is 1. The lowest BCUT2D eigenvalue weighted by Crippen LogP contribution is -2.56. The van der Waals surface area contributed by atoms with Crippen molar-refractivity contribution in [3.05, 3.63) is 47.5 Å². The van der Waals surface area contributed by atoms with Crippen molar-refractivity contribution >= 4 is 5.91 Å². The molecule has 7 nitrogen and oxygen atoms in total. The minimum atomic E-state index is -0.797. The second kappa shape index (κ2) is 9.51. The minimum Gasteiger partial charge on any atom is -0.497 e. The summed E-state index contributed by atoms with van der Waals surface area (Å²) in [5, 5.41) is 11.6. The molecule has 1 saturated carbocycles. The lowest BCUT2D eigenvalue weighted by Gasteiger charge is -2.52. The first-order chi connectivity index (χ1) is 16.0. The Morgan fingerprint density at radius 2 is 1.58 bits per heavy atom. The molecule has 0 unspecified atom stereocenters. The van der Waals surface area contributed by atoms with E-state index in [1.54, 1.807) is 46.6 Å². The van der Waals surface area contributed by atoms with E-state index in [4.69, 9.17) is 18.9 Å². The van der Waals surface area contributed by atoms with Crippen LogP contribution in [0.15, 0.2) is 36.4 Å². The van der Waals surface area contributed by atoms with Gasteiger partial charge < -0.3 is 29.0 Å². The van der Waals surface area contributed by atoms with Gasteiger partial charge in [-0.3, -0.25) is 4.79 Å². The van der Waals surface area contributed by atoms with Gasteiger partial charge in [-0.25, -0.2) is 0 Å². The van der Waals surface area contributed by atoms with Crippen LogP contribution in [0.5, 0.6) is 23.0 Å². The normalized spacial score (nSPS) is 24.6. The number of hydrogen-bond donors (Lipinski definition) is 1. The third kappa shape index (κ3) is 4.22. The molecule has 3 atom stereocenters. The molecule has 1 aliphatic heterocycles. The van der Waals surface area contributed by atoms with E-state index in [0.717, 1.165) is 31.2 Å². The predicted molar refractivity (Wildman–Crippen MR) is 124 cm³/mol. The highest BCUT2D eigenvalue weighted by atomic mass is 16.5. The molecule has 2 aromatic carbocycles. The summed E-state index contributed by atoms with van der Waals surface area (Å²) in [6.45, 7) is 0.445. The fourth-order valence-electron chi connectivity index (χ4n) is 5.49. The largest absolute Gasteiger partial charge is 0.497 e. The number of benzene rings is 2. The molecule has 1 N–H and O–H groups in total. The van der Waals surface area contributed by atoms with Crippen LogP contribution in [0, 0.1) is 5.92 Å². The number of piperidine rings is 1. The highest BCUT2D eigenvalue weighted by Crippen LogP contribution is 2.51. The van der Waals surface area contributed by atoms with E-state index >= 15 is 0 Å². The first-order valence-corrected chi connectivity index (χ1v) is 11.4. The van der Waals surface area contributed by atoms with E-state index in [1.807, 2.05) is 23.1 Å². The van der Waals surface area contributed by atoms with Crippen molar-refractivity contribution in [2.75, 3.05) is 35.0 Å². The van der Waals surface area contributed by atoms with Crippen LogP contribution in [0.2, 0.25) is 0 Å². The maximum Gasteiger partial charge on any atom is 0.258 e. The number of rotatable bonds is 6. The summed E-state index contributed by atoms with van der Waals surface area (Å²) in [5.74, 6) is 2.19. The molecule has 0 bridgehead atoms. The van der Waals surface area contributed by atoms with Crippen LogP contribution in [-0.2, 0) is 0 Å². The smallest absolute Gasteiger partial charge is 0.258 e. The number of amides is 1. The predicted octanol–water partition coefficient (Wildman–Crippen LogP) is 4.23. The van der Waals surface area contributed by atoms with Crippen molar-refractivity contribution in [3.8, 4) is 23.0 Å². The van der Waals surface area contributed by atoms with Crippen LogP contribution in [0.3, 0.4) is 0 Å². The quantitative estimate of drug-likeness (QED) is 0.703. The Labute approximate surface area is 195 Å². The Hall–Kier alpha value is -2.93. The zero-order valence-electron chi connectivity index (χ0n) is 19.8. The van der Waals surface area contributed by atoms with Crippen molar-refractivity contribution in [1.29, 1.82) is 0 Å². The molecule has 1 aliphatic carbocycles. The molecule has 1 amide bonds. The van der Waals surface area contributed by atoms with Crippen LogP contribution >= 0.6 is 0 Å². The van der Waals surface area contributed by atoms with Crippen LogP contribution in [0.4, 0.5) is 0 Å². The molecule has 0 radical (unpaired) electrons. The van der Waals surface area contributed by atoms with Gasteiger partial charge in [0.2, 0.25) is 0 Å². The number of ether oxygens (including phenoxy) is 4. The molecular weight excluding hydrogens is 422 g/mol. The molecule has 33 heavy (non-hydrogen) atoms. The number of aliphatic hydroxyl groups is 1. The fraction of sp³-hybridized carbons (Fsp3) is 0.500. The maximum absolute atomic E-state index is 13.9. The van der Waals surface area contributed by atoms with E-state index in [1.165, 1.54) is 0 Å². The zero-order valence-corrected chi connectivity index (χ0v) is 19.8. The molecule has 1 heterocycles.